The number of rotatable bonds is 2. The smallest absolute Gasteiger partial charge is 0.254 e. The number of carbonyl (C=O) groups excluding carboxylic acids is 1. The number of hydrazine groups is 1. The van der Waals surface area contributed by atoms with Gasteiger partial charge in [-0.1, -0.05) is 24.3 Å². The van der Waals surface area contributed by atoms with Crippen molar-refractivity contribution in [3.8, 4) is 0 Å². The topological polar surface area (TPSA) is 71.2 Å². The predicted molar refractivity (Wildman–Crippen MR) is 81.8 cm³/mol. The van der Waals surface area contributed by atoms with Gasteiger partial charge in [-0.15, -0.1) is 0 Å². The van der Waals surface area contributed by atoms with Crippen LogP contribution >= 0.6 is 0 Å². The second kappa shape index (κ2) is 5.93. The monoisotopic (exact) mass is 282 g/mol. The Labute approximate surface area is 123 Å². The van der Waals surface area contributed by atoms with Crippen LogP contribution in [0.4, 0.5) is 5.82 Å². The summed E-state index contributed by atoms with van der Waals surface area (Å²) in [5, 5.41) is 0. The number of amides is 1. The Balaban J connectivity index is 1.77. The van der Waals surface area contributed by atoms with Crippen molar-refractivity contribution in [3.63, 3.8) is 0 Å². The van der Waals surface area contributed by atoms with Crippen molar-refractivity contribution in [3.05, 3.63) is 59.3 Å². The second-order valence-corrected chi connectivity index (χ2v) is 5.14. The molecule has 1 aliphatic heterocycles. The van der Waals surface area contributed by atoms with Crippen molar-refractivity contribution in [2.24, 2.45) is 5.84 Å². The molecule has 2 heterocycles. The van der Waals surface area contributed by atoms with Crippen molar-refractivity contribution in [1.29, 1.82) is 0 Å². The van der Waals surface area contributed by atoms with Gasteiger partial charge in [0.15, 0.2) is 0 Å². The SMILES string of the molecule is NNc1cc(C(=O)N2CCc3ccccc3CC2)ccn1. The predicted octanol–water partition coefficient (Wildman–Crippen LogP) is 1.61. The van der Waals surface area contributed by atoms with E-state index in [1.807, 2.05) is 4.90 Å². The van der Waals surface area contributed by atoms with Gasteiger partial charge in [-0.3, -0.25) is 4.79 Å². The second-order valence-electron chi connectivity index (χ2n) is 5.14. The molecule has 0 bridgehead atoms. The number of nitrogens with zero attached hydrogens (tertiary/aromatic N) is 2. The summed E-state index contributed by atoms with van der Waals surface area (Å²) in [5.74, 6) is 5.87. The molecular formula is C16H18N4O. The summed E-state index contributed by atoms with van der Waals surface area (Å²) in [6, 6.07) is 11.8. The van der Waals surface area contributed by atoms with Crippen molar-refractivity contribution in [2.45, 2.75) is 12.8 Å². The van der Waals surface area contributed by atoms with Crippen molar-refractivity contribution in [1.82, 2.24) is 9.88 Å². The van der Waals surface area contributed by atoms with Gasteiger partial charge in [0.1, 0.15) is 5.82 Å². The number of aromatic nitrogens is 1. The van der Waals surface area contributed by atoms with Gasteiger partial charge in [0.05, 0.1) is 0 Å². The molecule has 1 aromatic heterocycles. The first kappa shape index (κ1) is 13.6. The Morgan fingerprint density at radius 3 is 2.43 bits per heavy atom. The molecule has 5 heteroatoms. The van der Waals surface area contributed by atoms with E-state index in [1.165, 1.54) is 11.1 Å². The van der Waals surface area contributed by atoms with E-state index in [9.17, 15) is 4.79 Å². The number of nitrogens with one attached hydrogen (secondary N) is 1. The van der Waals surface area contributed by atoms with Crippen LogP contribution in [0, 0.1) is 0 Å². The van der Waals surface area contributed by atoms with Gasteiger partial charge in [0, 0.05) is 24.8 Å². The van der Waals surface area contributed by atoms with Gasteiger partial charge in [0.2, 0.25) is 0 Å². The number of benzene rings is 1. The molecule has 3 rings (SSSR count). The fourth-order valence-electron chi connectivity index (χ4n) is 2.70. The molecule has 0 saturated carbocycles. The molecule has 5 nitrogen and oxygen atoms in total. The lowest BCUT2D eigenvalue weighted by Gasteiger charge is -2.20. The van der Waals surface area contributed by atoms with Crippen LogP contribution in [0.5, 0.6) is 0 Å². The molecule has 0 atom stereocenters. The number of anilines is 1. The summed E-state index contributed by atoms with van der Waals surface area (Å²) in [6.45, 7) is 1.48. The lowest BCUT2D eigenvalue weighted by Crippen LogP contribution is -2.33. The molecule has 0 saturated heterocycles. The van der Waals surface area contributed by atoms with Gasteiger partial charge in [-0.05, 0) is 36.1 Å². The Bertz CT molecular complexity index is 629. The zero-order valence-corrected chi connectivity index (χ0v) is 11.7. The lowest BCUT2D eigenvalue weighted by molar-refractivity contribution is 0.0763. The highest BCUT2D eigenvalue weighted by molar-refractivity contribution is 5.94. The molecule has 1 aromatic carbocycles. The average Bonchev–Trinajstić information content (AvgIpc) is 2.77. The number of fused-ring (bicyclic) bond motifs is 1. The van der Waals surface area contributed by atoms with Gasteiger partial charge >= 0.3 is 0 Å². The molecule has 0 spiro atoms. The maximum absolute atomic E-state index is 12.6. The van der Waals surface area contributed by atoms with E-state index >= 15 is 0 Å². The third kappa shape index (κ3) is 2.87. The first-order valence-electron chi connectivity index (χ1n) is 7.06. The molecule has 0 aliphatic carbocycles. The molecule has 108 valence electrons. The van der Waals surface area contributed by atoms with Crippen LogP contribution in [-0.2, 0) is 12.8 Å². The maximum Gasteiger partial charge on any atom is 0.254 e. The standard InChI is InChI=1S/C16H18N4O/c17-19-15-11-14(5-8-18-15)16(21)20-9-6-12-3-1-2-4-13(12)7-10-20/h1-5,8,11H,6-7,9-10,17H2,(H,18,19). The summed E-state index contributed by atoms with van der Waals surface area (Å²) >= 11 is 0. The van der Waals surface area contributed by atoms with Crippen LogP contribution < -0.4 is 11.3 Å². The molecule has 0 radical (unpaired) electrons. The number of hydrogen-bond acceptors (Lipinski definition) is 4. The molecular weight excluding hydrogens is 264 g/mol. The highest BCUT2D eigenvalue weighted by Gasteiger charge is 2.19. The van der Waals surface area contributed by atoms with Crippen LogP contribution in [0.2, 0.25) is 0 Å². The Morgan fingerprint density at radius 2 is 1.81 bits per heavy atom. The quantitative estimate of drug-likeness (QED) is 0.648. The van der Waals surface area contributed by atoms with E-state index in [-0.39, 0.29) is 5.91 Å². The third-order valence-corrected chi connectivity index (χ3v) is 3.86. The molecule has 21 heavy (non-hydrogen) atoms. The van der Waals surface area contributed by atoms with Crippen molar-refractivity contribution in [2.75, 3.05) is 18.5 Å². The van der Waals surface area contributed by atoms with Gasteiger partial charge in [0.25, 0.3) is 5.91 Å². The number of nitrogens with two attached hydrogens (primary N) is 1. The Kier molecular flexibility index (Phi) is 3.83. The van der Waals surface area contributed by atoms with E-state index in [0.29, 0.717) is 11.4 Å². The zero-order chi connectivity index (χ0) is 14.7. The maximum atomic E-state index is 12.6. The Morgan fingerprint density at radius 1 is 1.14 bits per heavy atom. The highest BCUT2D eigenvalue weighted by Crippen LogP contribution is 2.17. The van der Waals surface area contributed by atoms with Crippen LogP contribution in [0.1, 0.15) is 21.5 Å². The molecule has 1 amide bonds. The molecule has 3 N–H and O–H groups in total. The van der Waals surface area contributed by atoms with Crippen LogP contribution in [-0.4, -0.2) is 28.9 Å². The molecule has 2 aromatic rings. The summed E-state index contributed by atoms with van der Waals surface area (Å²) in [4.78, 5) is 18.5. The van der Waals surface area contributed by atoms with E-state index in [0.717, 1.165) is 25.9 Å². The number of carbonyl (C=O) groups is 1. The third-order valence-electron chi connectivity index (χ3n) is 3.86. The molecule has 0 fully saturated rings. The summed E-state index contributed by atoms with van der Waals surface area (Å²) in [5.41, 5.74) is 5.76. The first-order chi connectivity index (χ1) is 10.3. The van der Waals surface area contributed by atoms with E-state index < -0.39 is 0 Å². The van der Waals surface area contributed by atoms with E-state index in [4.69, 9.17) is 5.84 Å². The minimum atomic E-state index is 0.0294. The van der Waals surface area contributed by atoms with E-state index in [1.54, 1.807) is 18.3 Å². The summed E-state index contributed by atoms with van der Waals surface area (Å²) in [7, 11) is 0. The minimum absolute atomic E-state index is 0.0294. The average molecular weight is 282 g/mol. The van der Waals surface area contributed by atoms with Gasteiger partial charge < -0.3 is 10.3 Å². The fraction of sp³-hybridized carbons (Fsp3) is 0.250. The normalized spacial score (nSPS) is 14.2. The summed E-state index contributed by atoms with van der Waals surface area (Å²) in [6.07, 6.45) is 3.39. The van der Waals surface area contributed by atoms with Crippen LogP contribution in [0.15, 0.2) is 42.6 Å². The summed E-state index contributed by atoms with van der Waals surface area (Å²) < 4.78 is 0. The highest BCUT2D eigenvalue weighted by atomic mass is 16.2. The fourth-order valence-corrected chi connectivity index (χ4v) is 2.70. The van der Waals surface area contributed by atoms with Crippen LogP contribution in [0.3, 0.4) is 0 Å². The zero-order valence-electron chi connectivity index (χ0n) is 11.7. The first-order valence-corrected chi connectivity index (χ1v) is 7.06. The number of nitrogen functional groups attached to an aromatic ring is 1. The van der Waals surface area contributed by atoms with Crippen LogP contribution in [0.25, 0.3) is 0 Å². The Hall–Kier alpha value is -2.40. The number of pyridine rings is 1. The lowest BCUT2D eigenvalue weighted by atomic mass is 10.0. The van der Waals surface area contributed by atoms with Gasteiger partial charge in [-0.2, -0.15) is 0 Å². The van der Waals surface area contributed by atoms with E-state index in [2.05, 4.69) is 34.7 Å². The molecule has 0 unspecified atom stereocenters. The van der Waals surface area contributed by atoms with Crippen molar-refractivity contribution >= 4 is 11.7 Å². The van der Waals surface area contributed by atoms with Gasteiger partial charge in [-0.25, -0.2) is 10.8 Å². The largest absolute Gasteiger partial charge is 0.338 e. The number of hydrogen-bond donors (Lipinski definition) is 2. The van der Waals surface area contributed by atoms with Crippen molar-refractivity contribution < 1.29 is 4.79 Å². The minimum Gasteiger partial charge on any atom is -0.338 e. The molecule has 1 aliphatic rings.